The highest BCUT2D eigenvalue weighted by Gasteiger charge is 2.07. The maximum Gasteiger partial charge on any atom is 0.147 e. The summed E-state index contributed by atoms with van der Waals surface area (Å²) in [6, 6.07) is 5.99. The lowest BCUT2D eigenvalue weighted by atomic mass is 10.2. The van der Waals surface area contributed by atoms with E-state index in [1.54, 1.807) is 6.20 Å². The Morgan fingerprint density at radius 2 is 2.00 bits per heavy atom. The number of pyridine rings is 1. The van der Waals surface area contributed by atoms with Crippen LogP contribution in [0.2, 0.25) is 0 Å². The molecule has 0 saturated heterocycles. The van der Waals surface area contributed by atoms with Crippen LogP contribution >= 0.6 is 15.9 Å². The maximum absolute atomic E-state index is 13.5. The summed E-state index contributed by atoms with van der Waals surface area (Å²) in [6.07, 6.45) is 1.70. The Morgan fingerprint density at radius 1 is 1.22 bits per heavy atom. The van der Waals surface area contributed by atoms with Crippen LogP contribution < -0.4 is 5.32 Å². The van der Waals surface area contributed by atoms with Gasteiger partial charge in [-0.3, -0.25) is 4.98 Å². The molecular weight excluding hydrogens is 302 g/mol. The molecule has 2 nitrogen and oxygen atoms in total. The minimum absolute atomic E-state index is 0.113. The summed E-state index contributed by atoms with van der Waals surface area (Å²) < 4.78 is 26.9. The van der Waals surface area contributed by atoms with Gasteiger partial charge in [0.25, 0.3) is 0 Å². The summed E-state index contributed by atoms with van der Waals surface area (Å²) >= 11 is 2.93. The summed E-state index contributed by atoms with van der Waals surface area (Å²) in [7, 11) is 0. The molecule has 0 unspecified atom stereocenters. The number of aromatic nitrogens is 1. The van der Waals surface area contributed by atoms with Gasteiger partial charge in [-0.1, -0.05) is 6.07 Å². The molecule has 1 heterocycles. The molecule has 0 aliphatic carbocycles. The first-order chi connectivity index (χ1) is 8.56. The van der Waals surface area contributed by atoms with E-state index in [9.17, 15) is 8.78 Å². The van der Waals surface area contributed by atoms with Crippen LogP contribution in [0.25, 0.3) is 0 Å². The van der Waals surface area contributed by atoms with Crippen LogP contribution in [0.3, 0.4) is 0 Å². The van der Waals surface area contributed by atoms with E-state index < -0.39 is 11.6 Å². The largest absolute Gasteiger partial charge is 0.378 e. The van der Waals surface area contributed by atoms with Crippen molar-refractivity contribution in [1.29, 1.82) is 0 Å². The van der Waals surface area contributed by atoms with E-state index in [-0.39, 0.29) is 10.2 Å². The predicted octanol–water partition coefficient (Wildman–Crippen LogP) is 4.04. The Morgan fingerprint density at radius 3 is 2.67 bits per heavy atom. The van der Waals surface area contributed by atoms with Crippen molar-refractivity contribution in [3.8, 4) is 0 Å². The first kappa shape index (κ1) is 13.0. The molecule has 0 spiro atoms. The van der Waals surface area contributed by atoms with Gasteiger partial charge in [-0.15, -0.1) is 0 Å². The van der Waals surface area contributed by atoms with E-state index in [4.69, 9.17) is 0 Å². The van der Waals surface area contributed by atoms with Gasteiger partial charge in [0.15, 0.2) is 0 Å². The van der Waals surface area contributed by atoms with E-state index in [2.05, 4.69) is 26.2 Å². The predicted molar refractivity (Wildman–Crippen MR) is 70.4 cm³/mol. The van der Waals surface area contributed by atoms with Crippen molar-refractivity contribution >= 4 is 21.6 Å². The zero-order valence-electron chi connectivity index (χ0n) is 9.67. The van der Waals surface area contributed by atoms with Crippen molar-refractivity contribution in [3.63, 3.8) is 0 Å². The molecule has 18 heavy (non-hydrogen) atoms. The summed E-state index contributed by atoms with van der Waals surface area (Å²) in [6.45, 7) is 2.28. The standard InChI is InChI=1S/C13H11BrF2N2/c1-8-2-3-9(6-17-8)7-18-13-5-11(15)10(14)4-12(13)16/h2-6,18H,7H2,1H3. The fourth-order valence-corrected chi connectivity index (χ4v) is 1.77. The van der Waals surface area contributed by atoms with Crippen LogP contribution in [0.4, 0.5) is 14.5 Å². The molecule has 0 amide bonds. The number of rotatable bonds is 3. The van der Waals surface area contributed by atoms with Crippen molar-refractivity contribution in [2.24, 2.45) is 0 Å². The average Bonchev–Trinajstić information content (AvgIpc) is 2.34. The van der Waals surface area contributed by atoms with Gasteiger partial charge in [0, 0.05) is 24.5 Å². The molecule has 1 N–H and O–H groups in total. The Kier molecular flexibility index (Phi) is 3.91. The molecule has 0 aliphatic heterocycles. The molecule has 1 aromatic carbocycles. The molecule has 0 fully saturated rings. The molecule has 0 bridgehead atoms. The third kappa shape index (κ3) is 3.04. The number of hydrogen-bond acceptors (Lipinski definition) is 2. The number of hydrogen-bond donors (Lipinski definition) is 1. The number of benzene rings is 1. The monoisotopic (exact) mass is 312 g/mol. The molecule has 94 valence electrons. The van der Waals surface area contributed by atoms with E-state index in [1.807, 2.05) is 19.1 Å². The third-order valence-electron chi connectivity index (χ3n) is 2.47. The minimum atomic E-state index is -0.499. The van der Waals surface area contributed by atoms with Crippen LogP contribution in [0.1, 0.15) is 11.3 Å². The number of nitrogens with zero attached hydrogens (tertiary/aromatic N) is 1. The molecular formula is C13H11BrF2N2. The Labute approximate surface area is 112 Å². The summed E-state index contributed by atoms with van der Waals surface area (Å²) in [5.74, 6) is -0.996. The smallest absolute Gasteiger partial charge is 0.147 e. The van der Waals surface area contributed by atoms with Gasteiger partial charge in [-0.25, -0.2) is 8.78 Å². The Balaban J connectivity index is 2.10. The highest BCUT2D eigenvalue weighted by Crippen LogP contribution is 2.23. The third-order valence-corrected chi connectivity index (χ3v) is 3.07. The molecule has 1 aromatic heterocycles. The minimum Gasteiger partial charge on any atom is -0.378 e. The zero-order valence-corrected chi connectivity index (χ0v) is 11.3. The zero-order chi connectivity index (χ0) is 13.1. The van der Waals surface area contributed by atoms with Crippen molar-refractivity contribution < 1.29 is 8.78 Å². The first-order valence-electron chi connectivity index (χ1n) is 5.36. The van der Waals surface area contributed by atoms with Crippen LogP contribution in [0, 0.1) is 18.6 Å². The molecule has 0 aliphatic rings. The normalized spacial score (nSPS) is 10.4. The lowest BCUT2D eigenvalue weighted by Gasteiger charge is -2.08. The summed E-state index contributed by atoms with van der Waals surface area (Å²) in [5.41, 5.74) is 1.96. The second-order valence-corrected chi connectivity index (χ2v) is 4.76. The van der Waals surface area contributed by atoms with Gasteiger partial charge in [0.2, 0.25) is 0 Å². The second kappa shape index (κ2) is 5.44. The molecule has 0 saturated carbocycles. The SMILES string of the molecule is Cc1ccc(CNc2cc(F)c(Br)cc2F)cn1. The number of nitrogens with one attached hydrogen (secondary N) is 1. The number of anilines is 1. The van der Waals surface area contributed by atoms with Crippen LogP contribution in [-0.4, -0.2) is 4.98 Å². The van der Waals surface area contributed by atoms with Gasteiger partial charge < -0.3 is 5.32 Å². The van der Waals surface area contributed by atoms with Gasteiger partial charge in [-0.2, -0.15) is 0 Å². The highest BCUT2D eigenvalue weighted by atomic mass is 79.9. The Hall–Kier alpha value is -1.49. The summed E-state index contributed by atoms with van der Waals surface area (Å²) in [5, 5.41) is 2.84. The molecule has 2 rings (SSSR count). The first-order valence-corrected chi connectivity index (χ1v) is 6.15. The maximum atomic E-state index is 13.5. The fraction of sp³-hybridized carbons (Fsp3) is 0.154. The van der Waals surface area contributed by atoms with E-state index in [0.717, 1.165) is 23.4 Å². The quantitative estimate of drug-likeness (QED) is 0.865. The van der Waals surface area contributed by atoms with Gasteiger partial charge >= 0.3 is 0 Å². The highest BCUT2D eigenvalue weighted by molar-refractivity contribution is 9.10. The van der Waals surface area contributed by atoms with Crippen LogP contribution in [0.15, 0.2) is 34.9 Å². The van der Waals surface area contributed by atoms with Crippen molar-refractivity contribution in [2.75, 3.05) is 5.32 Å². The van der Waals surface area contributed by atoms with Crippen LogP contribution in [-0.2, 0) is 6.54 Å². The molecule has 2 aromatic rings. The molecule has 5 heteroatoms. The number of halogens is 3. The lowest BCUT2D eigenvalue weighted by molar-refractivity contribution is 0.596. The van der Waals surface area contributed by atoms with Crippen molar-refractivity contribution in [3.05, 3.63) is 57.8 Å². The van der Waals surface area contributed by atoms with E-state index in [1.165, 1.54) is 0 Å². The summed E-state index contributed by atoms with van der Waals surface area (Å²) in [4.78, 5) is 4.13. The average molecular weight is 313 g/mol. The number of aryl methyl sites for hydroxylation is 1. The van der Waals surface area contributed by atoms with Gasteiger partial charge in [0.1, 0.15) is 11.6 Å². The molecule has 0 atom stereocenters. The van der Waals surface area contributed by atoms with Crippen molar-refractivity contribution in [2.45, 2.75) is 13.5 Å². The topological polar surface area (TPSA) is 24.9 Å². The van der Waals surface area contributed by atoms with E-state index >= 15 is 0 Å². The van der Waals surface area contributed by atoms with E-state index in [0.29, 0.717) is 6.54 Å². The second-order valence-electron chi connectivity index (χ2n) is 3.91. The molecule has 0 radical (unpaired) electrons. The van der Waals surface area contributed by atoms with Gasteiger partial charge in [0.05, 0.1) is 10.2 Å². The lowest BCUT2D eigenvalue weighted by Crippen LogP contribution is -2.02. The van der Waals surface area contributed by atoms with Gasteiger partial charge in [-0.05, 0) is 40.5 Å². The Bertz CT molecular complexity index is 556. The van der Waals surface area contributed by atoms with Crippen LogP contribution in [0.5, 0.6) is 0 Å². The van der Waals surface area contributed by atoms with Crippen molar-refractivity contribution in [1.82, 2.24) is 4.98 Å². The fourth-order valence-electron chi connectivity index (χ4n) is 1.46.